The first-order valence-electron chi connectivity index (χ1n) is 10.7. The summed E-state index contributed by atoms with van der Waals surface area (Å²) in [4.78, 5) is 25.6. The van der Waals surface area contributed by atoms with Gasteiger partial charge < -0.3 is 10.1 Å². The fourth-order valence-corrected chi connectivity index (χ4v) is 6.94. The normalized spacial score (nSPS) is 31.4. The van der Waals surface area contributed by atoms with Crippen molar-refractivity contribution >= 4 is 29.2 Å². The van der Waals surface area contributed by atoms with Crippen LogP contribution in [-0.4, -0.2) is 19.0 Å². The minimum atomic E-state index is -0.444. The van der Waals surface area contributed by atoms with Gasteiger partial charge in [-0.1, -0.05) is 41.9 Å². The van der Waals surface area contributed by atoms with Crippen LogP contribution < -0.4 is 5.32 Å². The van der Waals surface area contributed by atoms with E-state index in [0.29, 0.717) is 28.1 Å². The van der Waals surface area contributed by atoms with Crippen molar-refractivity contribution in [1.29, 1.82) is 0 Å². The Kier molecular flexibility index (Phi) is 4.66. The van der Waals surface area contributed by atoms with E-state index in [1.54, 1.807) is 18.2 Å². The van der Waals surface area contributed by atoms with Gasteiger partial charge in [0.2, 0.25) is 5.91 Å². The van der Waals surface area contributed by atoms with E-state index in [4.69, 9.17) is 16.3 Å². The van der Waals surface area contributed by atoms with Crippen LogP contribution in [0.5, 0.6) is 0 Å². The fraction of sp³-hybridized carbons (Fsp3) is 0.440. The molecule has 30 heavy (non-hydrogen) atoms. The summed E-state index contributed by atoms with van der Waals surface area (Å²) in [6, 6.07) is 15.6. The van der Waals surface area contributed by atoms with E-state index in [0.717, 1.165) is 19.3 Å². The van der Waals surface area contributed by atoms with Crippen molar-refractivity contribution in [2.24, 2.45) is 17.3 Å². The van der Waals surface area contributed by atoms with Crippen LogP contribution >= 0.6 is 11.6 Å². The molecule has 0 saturated heterocycles. The largest absolute Gasteiger partial charge is 0.465 e. The Hall–Kier alpha value is -2.33. The van der Waals surface area contributed by atoms with Crippen molar-refractivity contribution in [3.05, 3.63) is 64.7 Å². The maximum atomic E-state index is 13.7. The summed E-state index contributed by atoms with van der Waals surface area (Å²) in [6.45, 7) is 0. The van der Waals surface area contributed by atoms with Crippen LogP contribution in [0.15, 0.2) is 48.5 Å². The molecule has 1 N–H and O–H groups in total. The van der Waals surface area contributed by atoms with Crippen molar-refractivity contribution in [3.63, 3.8) is 0 Å². The molecule has 1 amide bonds. The molecule has 4 saturated carbocycles. The number of hydrogen-bond donors (Lipinski definition) is 1. The van der Waals surface area contributed by atoms with Crippen molar-refractivity contribution in [2.45, 2.75) is 43.9 Å². The number of benzene rings is 2. The van der Waals surface area contributed by atoms with E-state index in [2.05, 4.69) is 35.6 Å². The zero-order chi connectivity index (χ0) is 20.9. The lowest BCUT2D eigenvalue weighted by atomic mass is 9.42. The predicted octanol–water partition coefficient (Wildman–Crippen LogP) is 5.60. The summed E-state index contributed by atoms with van der Waals surface area (Å²) in [5.74, 6) is 0.781. The first-order valence-corrected chi connectivity index (χ1v) is 11.1. The highest BCUT2D eigenvalue weighted by atomic mass is 35.5. The van der Waals surface area contributed by atoms with Crippen LogP contribution in [0.3, 0.4) is 0 Å². The average Bonchev–Trinajstić information content (AvgIpc) is 2.74. The highest BCUT2D eigenvalue weighted by Crippen LogP contribution is 2.66. The van der Waals surface area contributed by atoms with E-state index in [-0.39, 0.29) is 16.7 Å². The number of anilines is 1. The van der Waals surface area contributed by atoms with Crippen LogP contribution in [0.2, 0.25) is 5.02 Å². The summed E-state index contributed by atoms with van der Waals surface area (Å²) in [7, 11) is 1.34. The van der Waals surface area contributed by atoms with Gasteiger partial charge in [-0.05, 0) is 79.5 Å². The second-order valence-corrected chi connectivity index (χ2v) is 9.94. The zero-order valence-corrected chi connectivity index (χ0v) is 17.9. The van der Waals surface area contributed by atoms with Crippen molar-refractivity contribution < 1.29 is 14.3 Å². The lowest BCUT2D eigenvalue weighted by Gasteiger charge is -2.61. The first-order chi connectivity index (χ1) is 14.4. The van der Waals surface area contributed by atoms with Crippen molar-refractivity contribution in [3.8, 4) is 0 Å². The lowest BCUT2D eigenvalue weighted by Crippen LogP contribution is -2.58. The van der Waals surface area contributed by atoms with Gasteiger partial charge in [-0.25, -0.2) is 4.79 Å². The number of carbonyl (C=O) groups is 2. The summed E-state index contributed by atoms with van der Waals surface area (Å²) >= 11 is 6.35. The molecule has 4 bridgehead atoms. The van der Waals surface area contributed by atoms with Crippen LogP contribution in [0.4, 0.5) is 5.69 Å². The number of esters is 1. The van der Waals surface area contributed by atoms with E-state index in [1.807, 2.05) is 0 Å². The van der Waals surface area contributed by atoms with Gasteiger partial charge in [0.25, 0.3) is 0 Å². The van der Waals surface area contributed by atoms with Gasteiger partial charge in [-0.15, -0.1) is 0 Å². The van der Waals surface area contributed by atoms with Gasteiger partial charge >= 0.3 is 5.97 Å². The molecule has 156 valence electrons. The monoisotopic (exact) mass is 423 g/mol. The molecule has 0 radical (unpaired) electrons. The Labute approximate surface area is 182 Å². The third kappa shape index (κ3) is 3.13. The number of hydrogen-bond acceptors (Lipinski definition) is 3. The van der Waals surface area contributed by atoms with Crippen LogP contribution in [0.25, 0.3) is 0 Å². The van der Waals surface area contributed by atoms with Gasteiger partial charge in [0.1, 0.15) is 0 Å². The van der Waals surface area contributed by atoms with Gasteiger partial charge in [-0.3, -0.25) is 4.79 Å². The van der Waals surface area contributed by atoms with Crippen LogP contribution in [0.1, 0.15) is 54.4 Å². The maximum absolute atomic E-state index is 13.7. The fourth-order valence-electron chi connectivity index (χ4n) is 6.78. The van der Waals surface area contributed by atoms with Gasteiger partial charge in [-0.2, -0.15) is 0 Å². The van der Waals surface area contributed by atoms with E-state index in [9.17, 15) is 9.59 Å². The van der Waals surface area contributed by atoms with E-state index >= 15 is 0 Å². The number of methoxy groups -OCH3 is 1. The summed E-state index contributed by atoms with van der Waals surface area (Å²) in [5, 5.41) is 3.51. The van der Waals surface area contributed by atoms with Crippen LogP contribution in [0, 0.1) is 17.3 Å². The van der Waals surface area contributed by atoms with Crippen molar-refractivity contribution in [2.75, 3.05) is 12.4 Å². The second-order valence-electron chi connectivity index (χ2n) is 9.53. The predicted molar refractivity (Wildman–Crippen MR) is 117 cm³/mol. The molecule has 2 aromatic carbocycles. The number of ether oxygens (including phenoxy) is 1. The van der Waals surface area contributed by atoms with E-state index in [1.165, 1.54) is 31.9 Å². The van der Waals surface area contributed by atoms with Crippen molar-refractivity contribution in [1.82, 2.24) is 0 Å². The molecule has 0 aromatic heterocycles. The lowest BCUT2D eigenvalue weighted by molar-refractivity contribution is -0.143. The average molecular weight is 424 g/mol. The third-order valence-electron chi connectivity index (χ3n) is 7.56. The second kappa shape index (κ2) is 7.12. The molecule has 6 rings (SSSR count). The molecular formula is C25H26ClNO3. The smallest absolute Gasteiger partial charge is 0.337 e. The first kappa shape index (κ1) is 19.6. The number of rotatable bonds is 4. The van der Waals surface area contributed by atoms with Gasteiger partial charge in [0.05, 0.1) is 28.8 Å². The highest BCUT2D eigenvalue weighted by molar-refractivity contribution is 6.34. The Balaban J connectivity index is 1.46. The molecule has 0 spiro atoms. The summed E-state index contributed by atoms with van der Waals surface area (Å²) in [6.07, 6.45) is 6.37. The SMILES string of the molecule is COC(=O)c1ccc(Cl)c(NC(=O)C23C[C@H]4C[C@@H](C2)CC(c2ccccc2)(C4)C3)c1. The molecule has 4 fully saturated rings. The third-order valence-corrected chi connectivity index (χ3v) is 7.89. The molecule has 0 heterocycles. The Morgan fingerprint density at radius 2 is 1.73 bits per heavy atom. The summed E-state index contributed by atoms with van der Waals surface area (Å²) in [5.41, 5.74) is 1.96. The minimum Gasteiger partial charge on any atom is -0.465 e. The Bertz CT molecular complexity index is 989. The molecule has 0 aliphatic heterocycles. The van der Waals surface area contributed by atoms with Gasteiger partial charge in [0, 0.05) is 0 Å². The number of carbonyl (C=O) groups excluding carboxylic acids is 2. The topological polar surface area (TPSA) is 55.4 Å². The quantitative estimate of drug-likeness (QED) is 0.651. The molecule has 4 aliphatic rings. The molecule has 2 unspecified atom stereocenters. The standard InChI is InChI=1S/C25H26ClNO3/c1-30-22(28)18-7-8-20(26)21(10-18)27-23(29)25-13-16-9-17(14-25)12-24(11-16,15-25)19-5-3-2-4-6-19/h2-8,10,16-17H,9,11-15H2,1H3,(H,27,29)/t16-,17+,24?,25?. The molecule has 5 heteroatoms. The number of amides is 1. The van der Waals surface area contributed by atoms with Gasteiger partial charge in [0.15, 0.2) is 0 Å². The van der Waals surface area contributed by atoms with E-state index < -0.39 is 5.97 Å². The number of nitrogens with one attached hydrogen (secondary N) is 1. The molecule has 4 atom stereocenters. The molecular weight excluding hydrogens is 398 g/mol. The Morgan fingerprint density at radius 3 is 2.40 bits per heavy atom. The molecule has 2 aromatic rings. The minimum absolute atomic E-state index is 0.0424. The summed E-state index contributed by atoms with van der Waals surface area (Å²) < 4.78 is 4.80. The number of halogens is 1. The molecule has 4 nitrogen and oxygen atoms in total. The highest BCUT2D eigenvalue weighted by Gasteiger charge is 2.60. The molecule has 4 aliphatic carbocycles. The zero-order valence-electron chi connectivity index (χ0n) is 17.1. The Morgan fingerprint density at radius 1 is 1.03 bits per heavy atom. The maximum Gasteiger partial charge on any atom is 0.337 e. The van der Waals surface area contributed by atoms with Crippen LogP contribution in [-0.2, 0) is 14.9 Å².